The van der Waals surface area contributed by atoms with Gasteiger partial charge in [-0.25, -0.2) is 0 Å². The highest BCUT2D eigenvalue weighted by Crippen LogP contribution is 2.33. The number of hydrogen-bond donors (Lipinski definition) is 1. The average Bonchev–Trinajstić information content (AvgIpc) is 2.65. The summed E-state index contributed by atoms with van der Waals surface area (Å²) >= 11 is 0. The normalized spacial score (nSPS) is 13.8. The predicted octanol–water partition coefficient (Wildman–Crippen LogP) is 5.33. The third kappa shape index (κ3) is 5.19. The molecule has 2 heteroatoms. The van der Waals surface area contributed by atoms with E-state index in [0.717, 1.165) is 13.1 Å². The minimum absolute atomic E-state index is 0.0117. The monoisotopic (exact) mass is 324 g/mol. The Hall–Kier alpha value is -1.64. The summed E-state index contributed by atoms with van der Waals surface area (Å²) in [6.45, 7) is 6.73. The molecule has 0 bridgehead atoms. The maximum absolute atomic E-state index is 6.77. The Kier molecular flexibility index (Phi) is 8.00. The quantitative estimate of drug-likeness (QED) is 0.640. The van der Waals surface area contributed by atoms with Crippen LogP contribution in [0.3, 0.4) is 0 Å². The molecule has 0 unspecified atom stereocenters. The molecule has 0 aromatic heterocycles. The molecule has 0 aliphatic carbocycles. The largest absolute Gasteiger partial charge is 0.322 e. The minimum atomic E-state index is -0.0117. The molecule has 24 heavy (non-hydrogen) atoms. The van der Waals surface area contributed by atoms with Gasteiger partial charge in [-0.3, -0.25) is 4.90 Å². The molecule has 0 radical (unpaired) electrons. The number of nitrogens with zero attached hydrogens (tertiary/aromatic N) is 1. The number of hydrogen-bond acceptors (Lipinski definition) is 2. The highest BCUT2D eigenvalue weighted by Gasteiger charge is 2.27. The molecule has 0 aliphatic rings. The molecule has 0 aliphatic heterocycles. The van der Waals surface area contributed by atoms with Crippen LogP contribution in [-0.4, -0.2) is 18.0 Å². The number of unbranched alkanes of at least 4 members (excludes halogenated alkanes) is 2. The van der Waals surface area contributed by atoms with Gasteiger partial charge < -0.3 is 5.73 Å². The van der Waals surface area contributed by atoms with Crippen molar-refractivity contribution in [1.82, 2.24) is 4.90 Å². The Balaban J connectivity index is 2.32. The van der Waals surface area contributed by atoms with Gasteiger partial charge in [0, 0.05) is 6.04 Å². The van der Waals surface area contributed by atoms with Gasteiger partial charge in [-0.05, 0) is 37.1 Å². The van der Waals surface area contributed by atoms with Gasteiger partial charge in [0.2, 0.25) is 0 Å². The predicted molar refractivity (Wildman–Crippen MR) is 104 cm³/mol. The van der Waals surface area contributed by atoms with Crippen molar-refractivity contribution in [1.29, 1.82) is 0 Å². The summed E-state index contributed by atoms with van der Waals surface area (Å²) in [6, 6.07) is 21.5. The Morgan fingerprint density at radius 1 is 0.750 bits per heavy atom. The summed E-state index contributed by atoms with van der Waals surface area (Å²) in [4.78, 5) is 2.60. The van der Waals surface area contributed by atoms with Crippen LogP contribution in [0.1, 0.15) is 62.7 Å². The van der Waals surface area contributed by atoms with Crippen LogP contribution in [0.5, 0.6) is 0 Å². The van der Waals surface area contributed by atoms with E-state index in [0.29, 0.717) is 0 Å². The second kappa shape index (κ2) is 10.3. The number of benzene rings is 2. The summed E-state index contributed by atoms with van der Waals surface area (Å²) in [5.41, 5.74) is 9.31. The Morgan fingerprint density at radius 2 is 1.21 bits per heavy atom. The lowest BCUT2D eigenvalue weighted by molar-refractivity contribution is 0.166. The lowest BCUT2D eigenvalue weighted by atomic mass is 9.92. The van der Waals surface area contributed by atoms with E-state index >= 15 is 0 Å². The topological polar surface area (TPSA) is 29.3 Å². The molecule has 2 atom stereocenters. The fourth-order valence-electron chi connectivity index (χ4n) is 3.27. The first-order valence-corrected chi connectivity index (χ1v) is 9.37. The van der Waals surface area contributed by atoms with Gasteiger partial charge in [0.25, 0.3) is 0 Å². The molecule has 2 N–H and O–H groups in total. The van der Waals surface area contributed by atoms with Crippen LogP contribution in [0.4, 0.5) is 0 Å². The van der Waals surface area contributed by atoms with Crippen LogP contribution in [0, 0.1) is 0 Å². The molecule has 130 valence electrons. The fourth-order valence-corrected chi connectivity index (χ4v) is 3.27. The molecular weight excluding hydrogens is 292 g/mol. The molecule has 0 heterocycles. The van der Waals surface area contributed by atoms with Crippen molar-refractivity contribution in [3.05, 3.63) is 71.8 Å². The van der Waals surface area contributed by atoms with Gasteiger partial charge in [0.1, 0.15) is 0 Å². The van der Waals surface area contributed by atoms with Crippen molar-refractivity contribution in [3.8, 4) is 0 Å². The molecule has 0 saturated carbocycles. The van der Waals surface area contributed by atoms with Crippen molar-refractivity contribution in [2.75, 3.05) is 13.1 Å². The summed E-state index contributed by atoms with van der Waals surface area (Å²) in [5.74, 6) is 0. The van der Waals surface area contributed by atoms with Gasteiger partial charge >= 0.3 is 0 Å². The second-order valence-corrected chi connectivity index (χ2v) is 6.54. The van der Waals surface area contributed by atoms with Crippen LogP contribution in [0.15, 0.2) is 60.7 Å². The highest BCUT2D eigenvalue weighted by molar-refractivity contribution is 5.27. The summed E-state index contributed by atoms with van der Waals surface area (Å²) in [5, 5.41) is 0. The molecule has 2 rings (SSSR count). The number of nitrogens with two attached hydrogens (primary N) is 1. The smallest absolute Gasteiger partial charge is 0.0541 e. The maximum atomic E-state index is 6.77. The van der Waals surface area contributed by atoms with E-state index < -0.39 is 0 Å². The van der Waals surface area contributed by atoms with Gasteiger partial charge in [-0.2, -0.15) is 0 Å². The van der Waals surface area contributed by atoms with E-state index in [2.05, 4.69) is 79.4 Å². The molecule has 2 aromatic rings. The van der Waals surface area contributed by atoms with Crippen LogP contribution in [0.25, 0.3) is 0 Å². The average molecular weight is 325 g/mol. The van der Waals surface area contributed by atoms with Gasteiger partial charge in [0.15, 0.2) is 0 Å². The molecule has 0 spiro atoms. The van der Waals surface area contributed by atoms with Crippen LogP contribution in [0.2, 0.25) is 0 Å². The summed E-state index contributed by atoms with van der Waals surface area (Å²) < 4.78 is 0. The zero-order valence-corrected chi connectivity index (χ0v) is 15.2. The first-order chi connectivity index (χ1) is 11.8. The van der Waals surface area contributed by atoms with E-state index in [1.165, 1.54) is 36.8 Å². The zero-order chi connectivity index (χ0) is 17.2. The first-order valence-electron chi connectivity index (χ1n) is 9.37. The standard InChI is InChI=1S/C22H32N2/c1-3-5-17-24(18-6-4-2)22(20-15-11-8-12-16-20)21(23)19-13-9-7-10-14-19/h7-16,21-22H,3-6,17-18,23H2,1-2H3/t21-,22-/m1/s1. The van der Waals surface area contributed by atoms with Gasteiger partial charge in [-0.15, -0.1) is 0 Å². The van der Waals surface area contributed by atoms with Crippen molar-refractivity contribution < 1.29 is 0 Å². The van der Waals surface area contributed by atoms with E-state index in [9.17, 15) is 0 Å². The lowest BCUT2D eigenvalue weighted by Crippen LogP contribution is -2.37. The SMILES string of the molecule is CCCCN(CCCC)[C@H](c1ccccc1)[C@H](N)c1ccccc1. The third-order valence-corrected chi connectivity index (χ3v) is 4.66. The molecule has 0 amide bonds. The van der Waals surface area contributed by atoms with Crippen LogP contribution >= 0.6 is 0 Å². The van der Waals surface area contributed by atoms with E-state index in [1.807, 2.05) is 0 Å². The van der Waals surface area contributed by atoms with Crippen LogP contribution < -0.4 is 5.73 Å². The molecule has 0 saturated heterocycles. The Morgan fingerprint density at radius 3 is 1.67 bits per heavy atom. The molecule has 2 aromatic carbocycles. The van der Waals surface area contributed by atoms with Crippen molar-refractivity contribution >= 4 is 0 Å². The highest BCUT2D eigenvalue weighted by atomic mass is 15.2. The molecular formula is C22H32N2. The maximum Gasteiger partial charge on any atom is 0.0541 e. The lowest BCUT2D eigenvalue weighted by Gasteiger charge is -2.36. The van der Waals surface area contributed by atoms with Crippen molar-refractivity contribution in [3.63, 3.8) is 0 Å². The minimum Gasteiger partial charge on any atom is -0.322 e. The van der Waals surface area contributed by atoms with Crippen molar-refractivity contribution in [2.45, 2.75) is 51.6 Å². The van der Waals surface area contributed by atoms with E-state index in [-0.39, 0.29) is 12.1 Å². The summed E-state index contributed by atoms with van der Waals surface area (Å²) in [6.07, 6.45) is 4.86. The number of rotatable bonds is 10. The van der Waals surface area contributed by atoms with E-state index in [1.54, 1.807) is 0 Å². The molecule has 0 fully saturated rings. The summed E-state index contributed by atoms with van der Waals surface area (Å²) in [7, 11) is 0. The fraction of sp³-hybridized carbons (Fsp3) is 0.455. The third-order valence-electron chi connectivity index (χ3n) is 4.66. The molecule has 2 nitrogen and oxygen atoms in total. The van der Waals surface area contributed by atoms with Gasteiger partial charge in [-0.1, -0.05) is 87.4 Å². The Labute approximate surface area is 147 Å². The Bertz CT molecular complexity index is 545. The van der Waals surface area contributed by atoms with E-state index in [4.69, 9.17) is 5.73 Å². The zero-order valence-electron chi connectivity index (χ0n) is 15.2. The van der Waals surface area contributed by atoms with Crippen LogP contribution in [-0.2, 0) is 0 Å². The van der Waals surface area contributed by atoms with Gasteiger partial charge in [0.05, 0.1) is 6.04 Å². The first kappa shape index (κ1) is 18.7. The second-order valence-electron chi connectivity index (χ2n) is 6.54. The van der Waals surface area contributed by atoms with Crippen molar-refractivity contribution in [2.24, 2.45) is 5.73 Å².